The molecule has 3 N–H and O–H groups in total. The molecule has 0 radical (unpaired) electrons. The molecule has 0 aromatic heterocycles. The minimum absolute atomic E-state index is 0.129. The average molecular weight is 457 g/mol. The summed E-state index contributed by atoms with van der Waals surface area (Å²) in [4.78, 5) is 23.7. The van der Waals surface area contributed by atoms with E-state index in [0.29, 0.717) is 0 Å². The lowest BCUT2D eigenvalue weighted by atomic mass is 10.2. The summed E-state index contributed by atoms with van der Waals surface area (Å²) in [6.07, 6.45) is -4.61. The first-order chi connectivity index (χ1) is 14.7. The molecule has 0 saturated carbocycles. The van der Waals surface area contributed by atoms with Crippen molar-refractivity contribution in [1.29, 1.82) is 0 Å². The molecule has 0 spiro atoms. The van der Waals surface area contributed by atoms with E-state index in [1.54, 1.807) is 0 Å². The van der Waals surface area contributed by atoms with Crippen LogP contribution in [0.5, 0.6) is 5.75 Å². The summed E-state index contributed by atoms with van der Waals surface area (Å²) in [7, 11) is 0. The van der Waals surface area contributed by atoms with Crippen molar-refractivity contribution in [2.24, 2.45) is 0 Å². The molecule has 1 aliphatic rings. The molecule has 0 aliphatic carbocycles. The van der Waals surface area contributed by atoms with Crippen molar-refractivity contribution in [1.82, 2.24) is 5.32 Å². The summed E-state index contributed by atoms with van der Waals surface area (Å²) in [5.41, 5.74) is -1.22. The van der Waals surface area contributed by atoms with Gasteiger partial charge in [0.15, 0.2) is 17.4 Å². The first-order valence-electron chi connectivity index (χ1n) is 8.79. The summed E-state index contributed by atoms with van der Waals surface area (Å²) in [5, 5.41) is 14.1. The molecule has 0 bridgehead atoms. The maximum absolute atomic E-state index is 14.6. The number of hydrogen-bond donors (Lipinski definition) is 3. The Morgan fingerprint density at radius 1 is 1.19 bits per heavy atom. The fraction of sp³-hybridized carbons (Fsp3) is 0.211. The van der Waals surface area contributed by atoms with Crippen LogP contribution in [0, 0.1) is 11.6 Å². The van der Waals surface area contributed by atoms with E-state index >= 15 is 0 Å². The number of aromatic hydroxyl groups is 1. The monoisotopic (exact) mass is 457 g/mol. The van der Waals surface area contributed by atoms with E-state index in [0.717, 1.165) is 29.2 Å². The van der Waals surface area contributed by atoms with Gasteiger partial charge in [-0.3, -0.25) is 9.69 Å². The fourth-order valence-electron chi connectivity index (χ4n) is 2.75. The summed E-state index contributed by atoms with van der Waals surface area (Å²) in [5.74, 6) is -2.61. The number of benzene rings is 1. The second-order valence-electron chi connectivity index (χ2n) is 6.44. The van der Waals surface area contributed by atoms with Crippen molar-refractivity contribution in [3.63, 3.8) is 0 Å². The lowest BCUT2D eigenvalue weighted by Crippen LogP contribution is -2.36. The van der Waals surface area contributed by atoms with Crippen molar-refractivity contribution >= 4 is 40.4 Å². The van der Waals surface area contributed by atoms with Crippen molar-refractivity contribution in [3.05, 3.63) is 58.3 Å². The topological polar surface area (TPSA) is 90.9 Å². The number of ether oxygens (including phenoxy) is 1. The van der Waals surface area contributed by atoms with E-state index in [-0.39, 0.29) is 24.5 Å². The Hall–Kier alpha value is -3.41. The number of carbonyl (C=O) groups excluding carboxylic acids is 1. The molecule has 3 rings (SSSR count). The van der Waals surface area contributed by atoms with E-state index in [1.807, 2.05) is 0 Å². The highest BCUT2D eigenvalue weighted by atomic mass is 32.1. The number of halogens is 4. The van der Waals surface area contributed by atoms with Gasteiger partial charge in [0.25, 0.3) is 6.43 Å². The normalized spacial score (nSPS) is 15.7. The lowest BCUT2D eigenvalue weighted by Gasteiger charge is -2.16. The van der Waals surface area contributed by atoms with Crippen LogP contribution in [-0.4, -0.2) is 41.8 Å². The summed E-state index contributed by atoms with van der Waals surface area (Å²) < 4.78 is 59.0. The number of amides is 1. The summed E-state index contributed by atoms with van der Waals surface area (Å²) >= 11 is 4.44. The van der Waals surface area contributed by atoms with Crippen LogP contribution in [0.2, 0.25) is 0 Å². The SMILES string of the molecule is O=C1OC(CNC(=S)C(F)F)CN1c1cc(F)c(Nc2ccc(O)c(=O)cc2)c(F)c1. The zero-order valence-electron chi connectivity index (χ0n) is 15.6. The Morgan fingerprint density at radius 3 is 2.48 bits per heavy atom. The van der Waals surface area contributed by atoms with Gasteiger partial charge in [0, 0.05) is 17.8 Å². The standard InChI is InChI=1S/C19H15F4N3O4S/c20-12-5-10(26-8-11(30-19(26)29)7-24-18(31)17(22)23)6-13(21)16(12)25-9-1-3-14(27)15(28)4-2-9/h1-6,11,17,25H,7-8H2,(H,24,31)(H,27,28). The molecule has 2 aromatic carbocycles. The number of alkyl halides is 2. The van der Waals surface area contributed by atoms with Gasteiger partial charge in [0.05, 0.1) is 18.8 Å². The first kappa shape index (κ1) is 22.3. The Morgan fingerprint density at radius 2 is 1.84 bits per heavy atom. The number of anilines is 3. The molecular weight excluding hydrogens is 442 g/mol. The Kier molecular flexibility index (Phi) is 6.59. The summed E-state index contributed by atoms with van der Waals surface area (Å²) in [6, 6.07) is 6.37. The second kappa shape index (κ2) is 9.16. The number of nitrogens with zero attached hydrogens (tertiary/aromatic N) is 1. The van der Waals surface area contributed by atoms with Gasteiger partial charge in [0.2, 0.25) is 5.43 Å². The zero-order chi connectivity index (χ0) is 22.7. The number of hydrogen-bond acceptors (Lipinski definition) is 6. The molecule has 164 valence electrons. The van der Waals surface area contributed by atoms with Crippen LogP contribution >= 0.6 is 12.2 Å². The van der Waals surface area contributed by atoms with Gasteiger partial charge in [-0.25, -0.2) is 22.4 Å². The van der Waals surface area contributed by atoms with Crippen LogP contribution in [-0.2, 0) is 4.74 Å². The molecule has 2 aromatic rings. The van der Waals surface area contributed by atoms with Crippen LogP contribution < -0.4 is 21.0 Å². The van der Waals surface area contributed by atoms with Gasteiger partial charge in [-0.2, -0.15) is 0 Å². The van der Waals surface area contributed by atoms with E-state index in [9.17, 15) is 32.3 Å². The first-order valence-corrected chi connectivity index (χ1v) is 9.20. The molecule has 1 atom stereocenters. The van der Waals surface area contributed by atoms with Crippen molar-refractivity contribution in [3.8, 4) is 5.75 Å². The van der Waals surface area contributed by atoms with Crippen molar-refractivity contribution in [2.45, 2.75) is 12.5 Å². The van der Waals surface area contributed by atoms with E-state index in [2.05, 4.69) is 22.9 Å². The number of cyclic esters (lactones) is 1. The highest BCUT2D eigenvalue weighted by Crippen LogP contribution is 2.30. The predicted molar refractivity (Wildman–Crippen MR) is 108 cm³/mol. The molecule has 12 heteroatoms. The van der Waals surface area contributed by atoms with Crippen LogP contribution in [0.15, 0.2) is 41.2 Å². The molecule has 1 fully saturated rings. The van der Waals surface area contributed by atoms with Gasteiger partial charge < -0.3 is 20.5 Å². The van der Waals surface area contributed by atoms with Gasteiger partial charge in [-0.15, -0.1) is 0 Å². The number of rotatable bonds is 6. The fourth-order valence-corrected chi connectivity index (χ4v) is 2.83. The Bertz CT molecular complexity index is 1060. The second-order valence-corrected chi connectivity index (χ2v) is 6.88. The van der Waals surface area contributed by atoms with E-state index < -0.39 is 52.1 Å². The van der Waals surface area contributed by atoms with E-state index in [4.69, 9.17) is 4.74 Å². The minimum atomic E-state index is -2.86. The summed E-state index contributed by atoms with van der Waals surface area (Å²) in [6.45, 7) is -0.320. The lowest BCUT2D eigenvalue weighted by molar-refractivity contribution is 0.142. The van der Waals surface area contributed by atoms with E-state index in [1.165, 1.54) is 12.1 Å². The molecule has 7 nitrogen and oxygen atoms in total. The zero-order valence-corrected chi connectivity index (χ0v) is 16.4. The smallest absolute Gasteiger partial charge is 0.414 e. The van der Waals surface area contributed by atoms with Gasteiger partial charge in [-0.1, -0.05) is 12.2 Å². The number of thiocarbonyl (C=S) groups is 1. The predicted octanol–water partition coefficient (Wildman–Crippen LogP) is 3.28. The van der Waals surface area contributed by atoms with Gasteiger partial charge >= 0.3 is 6.09 Å². The van der Waals surface area contributed by atoms with Crippen LogP contribution in [0.4, 0.5) is 39.4 Å². The Balaban J connectivity index is 1.76. The third-order valence-corrected chi connectivity index (χ3v) is 4.59. The van der Waals surface area contributed by atoms with Crippen LogP contribution in [0.1, 0.15) is 0 Å². The Labute approximate surface area is 178 Å². The minimum Gasteiger partial charge on any atom is -0.504 e. The van der Waals surface area contributed by atoms with Gasteiger partial charge in [0.1, 0.15) is 16.8 Å². The number of nitrogens with one attached hydrogen (secondary N) is 2. The highest BCUT2D eigenvalue weighted by Gasteiger charge is 2.33. The molecule has 1 saturated heterocycles. The third kappa shape index (κ3) is 5.20. The van der Waals surface area contributed by atoms with Crippen LogP contribution in [0.3, 0.4) is 0 Å². The number of carbonyl (C=O) groups is 1. The molecule has 31 heavy (non-hydrogen) atoms. The van der Waals surface area contributed by atoms with Gasteiger partial charge in [-0.05, 0) is 24.3 Å². The van der Waals surface area contributed by atoms with Crippen LogP contribution in [0.25, 0.3) is 0 Å². The van der Waals surface area contributed by atoms with Crippen molar-refractivity contribution < 1.29 is 32.2 Å². The molecule has 1 unspecified atom stereocenters. The van der Waals surface area contributed by atoms with Crippen molar-refractivity contribution in [2.75, 3.05) is 23.3 Å². The molecule has 1 heterocycles. The molecule has 1 amide bonds. The maximum Gasteiger partial charge on any atom is 0.414 e. The largest absolute Gasteiger partial charge is 0.504 e. The quantitative estimate of drug-likeness (QED) is 0.453. The highest BCUT2D eigenvalue weighted by molar-refractivity contribution is 7.80. The molecular formula is C19H15F4N3O4S. The average Bonchev–Trinajstić information content (AvgIpc) is 3.01. The third-order valence-electron chi connectivity index (χ3n) is 4.27. The maximum atomic E-state index is 14.6. The molecule has 1 aliphatic heterocycles.